The minimum atomic E-state index is -1.41. The lowest BCUT2D eigenvalue weighted by molar-refractivity contribution is -0.121. The van der Waals surface area contributed by atoms with Gasteiger partial charge in [-0.05, 0) is 42.2 Å². The second-order valence-corrected chi connectivity index (χ2v) is 8.57. The molecular weight excluding hydrogens is 390 g/mol. The van der Waals surface area contributed by atoms with Crippen LogP contribution in [0.15, 0.2) is 48.5 Å². The van der Waals surface area contributed by atoms with E-state index in [4.69, 9.17) is 9.47 Å². The van der Waals surface area contributed by atoms with Crippen LogP contribution in [0.1, 0.15) is 29.9 Å². The van der Waals surface area contributed by atoms with Gasteiger partial charge in [0.1, 0.15) is 0 Å². The van der Waals surface area contributed by atoms with Crippen molar-refractivity contribution in [1.29, 1.82) is 10.5 Å². The second kappa shape index (κ2) is 6.36. The van der Waals surface area contributed by atoms with Crippen LogP contribution in [0.25, 0.3) is 6.08 Å². The molecule has 2 aromatic rings. The molecule has 0 N–H and O–H groups in total. The van der Waals surface area contributed by atoms with E-state index in [1.807, 2.05) is 53.5 Å². The Labute approximate surface area is 179 Å². The van der Waals surface area contributed by atoms with Crippen LogP contribution in [-0.2, 0) is 4.79 Å². The van der Waals surface area contributed by atoms with Crippen LogP contribution in [0.4, 0.5) is 5.69 Å². The van der Waals surface area contributed by atoms with Gasteiger partial charge in [-0.2, -0.15) is 10.5 Å². The van der Waals surface area contributed by atoms with Gasteiger partial charge in [0.15, 0.2) is 22.7 Å². The van der Waals surface area contributed by atoms with Crippen molar-refractivity contribution in [3.05, 3.63) is 59.7 Å². The smallest absolute Gasteiger partial charge is 0.231 e. The van der Waals surface area contributed by atoms with Crippen LogP contribution < -0.4 is 14.4 Å². The van der Waals surface area contributed by atoms with Gasteiger partial charge in [0.2, 0.25) is 6.79 Å². The van der Waals surface area contributed by atoms with Crippen molar-refractivity contribution in [2.24, 2.45) is 11.3 Å². The third-order valence-electron chi connectivity index (χ3n) is 6.94. The van der Waals surface area contributed by atoms with Crippen molar-refractivity contribution in [2.75, 3.05) is 11.7 Å². The van der Waals surface area contributed by atoms with Crippen molar-refractivity contribution >= 4 is 17.5 Å². The first kappa shape index (κ1) is 18.0. The Morgan fingerprint density at radius 3 is 2.61 bits per heavy atom. The molecule has 0 aromatic heterocycles. The van der Waals surface area contributed by atoms with Crippen LogP contribution >= 0.6 is 0 Å². The molecule has 1 saturated carbocycles. The van der Waals surface area contributed by atoms with Crippen LogP contribution in [0, 0.1) is 34.0 Å². The minimum absolute atomic E-state index is 0.00610. The molecule has 1 saturated heterocycles. The standard InChI is InChI=1S/C25H19N3O3/c26-12-25(13-27)21-10-8-15-3-1-2-4-18(15)28(21)23(24(29)16-5-6-16)22(25)17-7-9-19-20(11-17)31-14-30-19/h1-4,7-11,16,21-23H,5-6,14H2/t21-,22-,23-/m0/s1. The fraction of sp³-hybridized carbons (Fsp3) is 0.320. The molecule has 6 nitrogen and oxygen atoms in total. The molecule has 0 radical (unpaired) electrons. The summed E-state index contributed by atoms with van der Waals surface area (Å²) in [5, 5.41) is 20.8. The zero-order valence-corrected chi connectivity index (χ0v) is 16.7. The van der Waals surface area contributed by atoms with Crippen LogP contribution in [0.5, 0.6) is 11.5 Å². The number of fused-ring (bicyclic) bond motifs is 4. The monoisotopic (exact) mass is 409 g/mol. The van der Waals surface area contributed by atoms with Crippen LogP contribution in [0.3, 0.4) is 0 Å². The number of hydrogen-bond acceptors (Lipinski definition) is 6. The Morgan fingerprint density at radius 2 is 1.84 bits per heavy atom. The van der Waals surface area contributed by atoms with Gasteiger partial charge >= 0.3 is 0 Å². The molecule has 0 unspecified atom stereocenters. The van der Waals surface area contributed by atoms with E-state index in [0.717, 1.165) is 29.7 Å². The fourth-order valence-corrected chi connectivity index (χ4v) is 5.35. The summed E-state index contributed by atoms with van der Waals surface area (Å²) in [4.78, 5) is 15.7. The van der Waals surface area contributed by atoms with Crippen molar-refractivity contribution in [3.8, 4) is 23.6 Å². The number of nitrogens with zero attached hydrogens (tertiary/aromatic N) is 3. The maximum atomic E-state index is 13.7. The summed E-state index contributed by atoms with van der Waals surface area (Å²) in [5.74, 6) is 0.722. The van der Waals surface area contributed by atoms with Gasteiger partial charge in [-0.1, -0.05) is 36.4 Å². The molecule has 2 aromatic carbocycles. The highest BCUT2D eigenvalue weighted by molar-refractivity contribution is 5.95. The second-order valence-electron chi connectivity index (χ2n) is 8.57. The summed E-state index contributed by atoms with van der Waals surface area (Å²) in [6.45, 7) is 0.139. The number of anilines is 1. The lowest BCUT2D eigenvalue weighted by Crippen LogP contribution is -2.44. The average molecular weight is 409 g/mol. The highest BCUT2D eigenvalue weighted by Gasteiger charge is 2.64. The molecule has 3 atom stereocenters. The zero-order chi connectivity index (χ0) is 21.2. The number of hydrogen-bond donors (Lipinski definition) is 0. The third kappa shape index (κ3) is 2.39. The quantitative estimate of drug-likeness (QED) is 0.767. The number of para-hydroxylation sites is 1. The van der Waals surface area contributed by atoms with E-state index in [1.54, 1.807) is 6.07 Å². The third-order valence-corrected chi connectivity index (χ3v) is 6.94. The Balaban J connectivity index is 1.59. The van der Waals surface area contributed by atoms with Crippen LogP contribution in [0.2, 0.25) is 0 Å². The maximum Gasteiger partial charge on any atom is 0.231 e. The first-order valence-electron chi connectivity index (χ1n) is 10.5. The van der Waals surface area contributed by atoms with Gasteiger partial charge in [-0.15, -0.1) is 0 Å². The first-order chi connectivity index (χ1) is 15.2. The summed E-state index contributed by atoms with van der Waals surface area (Å²) in [6.07, 6.45) is 5.60. The number of benzene rings is 2. The van der Waals surface area contributed by atoms with E-state index < -0.39 is 23.4 Å². The highest BCUT2D eigenvalue weighted by atomic mass is 16.7. The molecule has 2 fully saturated rings. The molecule has 152 valence electrons. The van der Waals surface area contributed by atoms with Gasteiger partial charge in [0.25, 0.3) is 0 Å². The summed E-state index contributed by atoms with van der Waals surface area (Å²) in [5.41, 5.74) is 1.23. The Bertz CT molecular complexity index is 1200. The molecule has 6 heteroatoms. The molecule has 31 heavy (non-hydrogen) atoms. The number of Topliss-reactive ketones (excluding diaryl/α,β-unsaturated/α-hetero) is 1. The van der Waals surface area contributed by atoms with Crippen LogP contribution in [-0.4, -0.2) is 24.7 Å². The number of ether oxygens (including phenoxy) is 2. The maximum absolute atomic E-state index is 13.7. The summed E-state index contributed by atoms with van der Waals surface area (Å²) < 4.78 is 11.0. The van der Waals surface area contributed by atoms with Gasteiger partial charge < -0.3 is 14.4 Å². The van der Waals surface area contributed by atoms with Gasteiger partial charge in [0, 0.05) is 17.5 Å². The van der Waals surface area contributed by atoms with E-state index in [0.29, 0.717) is 11.5 Å². The van der Waals surface area contributed by atoms with E-state index in [9.17, 15) is 15.3 Å². The molecule has 4 aliphatic rings. The molecule has 3 aliphatic heterocycles. The minimum Gasteiger partial charge on any atom is -0.454 e. The summed E-state index contributed by atoms with van der Waals surface area (Å²) >= 11 is 0. The number of carbonyl (C=O) groups excluding carboxylic acids is 1. The van der Waals surface area contributed by atoms with Crippen molar-refractivity contribution in [3.63, 3.8) is 0 Å². The van der Waals surface area contributed by atoms with Crippen molar-refractivity contribution in [2.45, 2.75) is 30.8 Å². The molecule has 6 rings (SSSR count). The van der Waals surface area contributed by atoms with Gasteiger partial charge in [-0.3, -0.25) is 4.79 Å². The van der Waals surface area contributed by atoms with Gasteiger partial charge in [0.05, 0.1) is 24.2 Å². The topological polar surface area (TPSA) is 86.4 Å². The lowest BCUT2D eigenvalue weighted by atomic mass is 9.69. The molecule has 3 heterocycles. The lowest BCUT2D eigenvalue weighted by Gasteiger charge is -2.35. The molecule has 1 aliphatic carbocycles. The normalized spacial score (nSPS) is 26.5. The van der Waals surface area contributed by atoms with Crippen molar-refractivity contribution in [1.82, 2.24) is 0 Å². The zero-order valence-electron chi connectivity index (χ0n) is 16.7. The molecule has 0 amide bonds. The molecular formula is C25H19N3O3. The first-order valence-corrected chi connectivity index (χ1v) is 10.5. The molecule has 0 spiro atoms. The summed E-state index contributed by atoms with van der Waals surface area (Å²) in [7, 11) is 0. The Kier molecular flexibility index (Phi) is 3.70. The SMILES string of the molecule is N#CC1(C#N)[C@@H]2C=Cc3ccccc3N2[C@H](C(=O)C2CC2)[C@@H]1c1ccc2c(c1)OCO2. The summed E-state index contributed by atoms with van der Waals surface area (Å²) in [6, 6.07) is 16.9. The van der Waals surface area contributed by atoms with E-state index >= 15 is 0 Å². The Hall–Kier alpha value is -3.77. The Morgan fingerprint density at radius 1 is 1.06 bits per heavy atom. The fourth-order valence-electron chi connectivity index (χ4n) is 5.35. The number of rotatable bonds is 3. The predicted octanol–water partition coefficient (Wildman–Crippen LogP) is 3.80. The molecule has 0 bridgehead atoms. The largest absolute Gasteiger partial charge is 0.454 e. The number of nitriles is 2. The van der Waals surface area contributed by atoms with E-state index in [-0.39, 0.29) is 18.5 Å². The average Bonchev–Trinajstić information content (AvgIpc) is 3.48. The van der Waals surface area contributed by atoms with Gasteiger partial charge in [-0.25, -0.2) is 0 Å². The highest BCUT2D eigenvalue weighted by Crippen LogP contribution is 2.57. The van der Waals surface area contributed by atoms with Crippen molar-refractivity contribution < 1.29 is 14.3 Å². The number of carbonyl (C=O) groups is 1. The van der Waals surface area contributed by atoms with E-state index in [2.05, 4.69) is 12.1 Å². The predicted molar refractivity (Wildman–Crippen MR) is 112 cm³/mol. The van der Waals surface area contributed by atoms with E-state index in [1.165, 1.54) is 0 Å². The number of ketones is 1.